The van der Waals surface area contributed by atoms with Crippen LogP contribution in [0, 0.1) is 0 Å². The fraction of sp³-hybridized carbons (Fsp3) is 0.872. The van der Waals surface area contributed by atoms with E-state index in [9.17, 15) is 0 Å². The van der Waals surface area contributed by atoms with Crippen LogP contribution in [0.15, 0.2) is 30.3 Å². The van der Waals surface area contributed by atoms with Crippen molar-refractivity contribution >= 4 is 0 Å². The second kappa shape index (κ2) is 39.3. The fourth-order valence-corrected chi connectivity index (χ4v) is 7.42. The molecule has 0 bridgehead atoms. The van der Waals surface area contributed by atoms with Crippen molar-refractivity contribution < 1.29 is 9.59 Å². The molecule has 0 amide bonds. The van der Waals surface area contributed by atoms with E-state index in [1.165, 1.54) is 222 Å². The minimum Gasteiger partial charge on any atom is -0.395 e. The van der Waals surface area contributed by atoms with Gasteiger partial charge in [0.2, 0.25) is 0 Å². The van der Waals surface area contributed by atoms with Crippen LogP contribution in [0.3, 0.4) is 0 Å². The van der Waals surface area contributed by atoms with Crippen LogP contribution < -0.4 is 0 Å². The summed E-state index contributed by atoms with van der Waals surface area (Å²) in [6.45, 7) is 13.1. The van der Waals surface area contributed by atoms with Crippen LogP contribution >= 0.6 is 0 Å². The van der Waals surface area contributed by atoms with Crippen molar-refractivity contribution in [2.24, 2.45) is 0 Å². The van der Waals surface area contributed by atoms with E-state index >= 15 is 0 Å². The molecule has 0 aliphatic carbocycles. The molecule has 0 radical (unpaired) electrons. The van der Waals surface area contributed by atoms with Crippen molar-refractivity contribution in [3.8, 4) is 0 Å². The SMILES string of the molecule is CCCCCCCCCCCC[N+](C)(CCCCCCCCCCCC)CCCCCCCCCCCC.CN(CCO)Cc1ccccc1. The number of unbranched alkanes of at least 4 members (excludes halogenated alkanes) is 27. The lowest BCUT2D eigenvalue weighted by Gasteiger charge is -2.35. The first-order valence-electron chi connectivity index (χ1n) is 22.7. The maximum absolute atomic E-state index is 8.67. The zero-order chi connectivity index (χ0) is 36.6. The lowest BCUT2D eigenvalue weighted by atomic mass is 10.0. The second-order valence-electron chi connectivity index (χ2n) is 16.3. The Bertz CT molecular complexity index is 693. The summed E-state index contributed by atoms with van der Waals surface area (Å²) in [5, 5.41) is 8.67. The van der Waals surface area contributed by atoms with Crippen LogP contribution in [-0.4, -0.2) is 61.4 Å². The quantitative estimate of drug-likeness (QED) is 0.0551. The highest BCUT2D eigenvalue weighted by molar-refractivity contribution is 5.14. The molecule has 0 aromatic heterocycles. The lowest BCUT2D eigenvalue weighted by Crippen LogP contribution is -2.46. The number of nitrogens with zero attached hydrogens (tertiary/aromatic N) is 2. The summed E-state index contributed by atoms with van der Waals surface area (Å²) in [6.07, 6.45) is 43.8. The standard InChI is InChI=1S/C37H78N.C10H15NO/c1-5-8-11-14-17-20-23-26-29-32-35-38(4,36-33-30-27-24-21-18-15-12-9-6-2)37-34-31-28-25-22-19-16-13-10-7-3;1-11(7-8-12)9-10-5-3-2-4-6-10/h5-37H2,1-4H3;2-6,12H,7-9H2,1H3/q+1;. The molecule has 0 unspecified atom stereocenters. The topological polar surface area (TPSA) is 23.5 Å². The summed E-state index contributed by atoms with van der Waals surface area (Å²) >= 11 is 0. The number of benzene rings is 1. The Balaban J connectivity index is 0.00000167. The summed E-state index contributed by atoms with van der Waals surface area (Å²) in [4.78, 5) is 2.09. The summed E-state index contributed by atoms with van der Waals surface area (Å²) in [7, 11) is 4.61. The highest BCUT2D eigenvalue weighted by atomic mass is 16.3. The number of rotatable bonds is 37. The number of likely N-dealkylation sites (N-methyl/N-ethyl adjacent to an activating group) is 1. The van der Waals surface area contributed by atoms with Gasteiger partial charge in [-0.3, -0.25) is 4.90 Å². The fourth-order valence-electron chi connectivity index (χ4n) is 7.42. The first-order valence-corrected chi connectivity index (χ1v) is 22.7. The smallest absolute Gasteiger partial charge is 0.0784 e. The van der Waals surface area contributed by atoms with Crippen LogP contribution in [0.2, 0.25) is 0 Å². The summed E-state index contributed by atoms with van der Waals surface area (Å²) < 4.78 is 1.37. The molecular formula is C47H93N2O+. The molecule has 1 aromatic rings. The van der Waals surface area contributed by atoms with Crippen molar-refractivity contribution in [2.75, 3.05) is 46.9 Å². The molecule has 1 aromatic carbocycles. The average molecular weight is 702 g/mol. The number of aliphatic hydroxyl groups is 1. The second-order valence-corrected chi connectivity index (χ2v) is 16.3. The van der Waals surface area contributed by atoms with Gasteiger partial charge in [0.1, 0.15) is 0 Å². The zero-order valence-corrected chi connectivity index (χ0v) is 35.2. The van der Waals surface area contributed by atoms with Crippen molar-refractivity contribution in [1.29, 1.82) is 0 Å². The van der Waals surface area contributed by atoms with E-state index in [-0.39, 0.29) is 6.61 Å². The molecular weight excluding hydrogens is 609 g/mol. The van der Waals surface area contributed by atoms with Crippen molar-refractivity contribution in [3.63, 3.8) is 0 Å². The normalized spacial score (nSPS) is 11.7. The molecule has 1 N–H and O–H groups in total. The predicted molar refractivity (Wildman–Crippen MR) is 226 cm³/mol. The van der Waals surface area contributed by atoms with Crippen molar-refractivity contribution in [2.45, 2.75) is 220 Å². The molecule has 0 saturated carbocycles. The van der Waals surface area contributed by atoms with E-state index in [2.05, 4.69) is 44.9 Å². The largest absolute Gasteiger partial charge is 0.395 e. The molecule has 3 heteroatoms. The van der Waals surface area contributed by atoms with Gasteiger partial charge in [-0.25, -0.2) is 0 Å². The zero-order valence-electron chi connectivity index (χ0n) is 35.2. The Morgan fingerprint density at radius 3 is 1.00 bits per heavy atom. The van der Waals surface area contributed by atoms with Gasteiger partial charge in [-0.05, 0) is 51.1 Å². The van der Waals surface area contributed by atoms with Gasteiger partial charge < -0.3 is 9.59 Å². The Morgan fingerprint density at radius 1 is 0.440 bits per heavy atom. The number of hydrogen-bond acceptors (Lipinski definition) is 2. The van der Waals surface area contributed by atoms with Crippen LogP contribution in [0.4, 0.5) is 0 Å². The Labute approximate surface area is 316 Å². The molecule has 0 aliphatic heterocycles. The molecule has 0 atom stereocenters. The lowest BCUT2D eigenvalue weighted by molar-refractivity contribution is -0.910. The Hall–Kier alpha value is -0.900. The molecule has 50 heavy (non-hydrogen) atoms. The van der Waals surface area contributed by atoms with Crippen LogP contribution in [0.25, 0.3) is 0 Å². The van der Waals surface area contributed by atoms with E-state index in [1.54, 1.807) is 0 Å². The van der Waals surface area contributed by atoms with Gasteiger partial charge >= 0.3 is 0 Å². The van der Waals surface area contributed by atoms with Gasteiger partial charge in [0.25, 0.3) is 0 Å². The highest BCUT2D eigenvalue weighted by Crippen LogP contribution is 2.18. The van der Waals surface area contributed by atoms with E-state index in [0.29, 0.717) is 0 Å². The Morgan fingerprint density at radius 2 is 0.720 bits per heavy atom. The van der Waals surface area contributed by atoms with Gasteiger partial charge in [0, 0.05) is 13.1 Å². The van der Waals surface area contributed by atoms with E-state index < -0.39 is 0 Å². The third-order valence-corrected chi connectivity index (χ3v) is 10.9. The average Bonchev–Trinajstić information content (AvgIpc) is 3.11. The third kappa shape index (κ3) is 35.5. The van der Waals surface area contributed by atoms with Gasteiger partial charge in [-0.1, -0.05) is 205 Å². The first-order chi connectivity index (χ1) is 24.5. The molecule has 0 saturated heterocycles. The van der Waals surface area contributed by atoms with Crippen LogP contribution in [0.1, 0.15) is 219 Å². The third-order valence-electron chi connectivity index (χ3n) is 10.9. The predicted octanol–water partition coefficient (Wildman–Crippen LogP) is 14.3. The van der Waals surface area contributed by atoms with E-state index in [1.807, 2.05) is 25.2 Å². The number of quaternary nitrogens is 1. The molecule has 0 aliphatic rings. The van der Waals surface area contributed by atoms with Gasteiger partial charge in [-0.2, -0.15) is 0 Å². The molecule has 0 spiro atoms. The monoisotopic (exact) mass is 702 g/mol. The number of aliphatic hydroxyl groups excluding tert-OH is 1. The summed E-state index contributed by atoms with van der Waals surface area (Å²) in [5.74, 6) is 0. The highest BCUT2D eigenvalue weighted by Gasteiger charge is 2.20. The minimum absolute atomic E-state index is 0.226. The maximum atomic E-state index is 8.67. The Kier molecular flexibility index (Phi) is 38.6. The molecule has 3 nitrogen and oxygen atoms in total. The van der Waals surface area contributed by atoms with E-state index in [0.717, 1.165) is 13.1 Å². The molecule has 0 heterocycles. The van der Waals surface area contributed by atoms with E-state index in [4.69, 9.17) is 5.11 Å². The van der Waals surface area contributed by atoms with Crippen LogP contribution in [-0.2, 0) is 6.54 Å². The summed E-state index contributed by atoms with van der Waals surface area (Å²) in [5.41, 5.74) is 1.29. The van der Waals surface area contributed by atoms with Crippen molar-refractivity contribution in [3.05, 3.63) is 35.9 Å². The van der Waals surface area contributed by atoms with Crippen molar-refractivity contribution in [1.82, 2.24) is 4.90 Å². The number of hydrogen-bond donors (Lipinski definition) is 1. The molecule has 296 valence electrons. The first kappa shape index (κ1) is 49.1. The van der Waals surface area contributed by atoms with Gasteiger partial charge in [0.15, 0.2) is 0 Å². The maximum Gasteiger partial charge on any atom is 0.0784 e. The summed E-state index contributed by atoms with van der Waals surface area (Å²) in [6, 6.07) is 10.3. The molecule has 0 fully saturated rings. The van der Waals surface area contributed by atoms with Gasteiger partial charge in [-0.15, -0.1) is 0 Å². The molecule has 1 rings (SSSR count). The van der Waals surface area contributed by atoms with Crippen LogP contribution in [0.5, 0.6) is 0 Å². The van der Waals surface area contributed by atoms with Gasteiger partial charge in [0.05, 0.1) is 33.3 Å². The minimum atomic E-state index is 0.226.